The summed E-state index contributed by atoms with van der Waals surface area (Å²) < 4.78 is 15.8. The Morgan fingerprint density at radius 2 is 1.62 bits per heavy atom. The lowest BCUT2D eigenvalue weighted by Gasteiger charge is -2.37. The van der Waals surface area contributed by atoms with Crippen LogP contribution in [0.2, 0.25) is 0 Å². The van der Waals surface area contributed by atoms with Crippen molar-refractivity contribution in [3.8, 4) is 6.07 Å². The van der Waals surface area contributed by atoms with E-state index in [-0.39, 0.29) is 12.2 Å². The van der Waals surface area contributed by atoms with E-state index in [4.69, 9.17) is 9.47 Å². The summed E-state index contributed by atoms with van der Waals surface area (Å²) in [6, 6.07) is 28.8. The number of nitriles is 1. The van der Waals surface area contributed by atoms with Crippen LogP contribution < -0.4 is 0 Å². The van der Waals surface area contributed by atoms with E-state index >= 15 is 0 Å². The molecular weight excluding hydrogens is 422 g/mol. The van der Waals surface area contributed by atoms with Crippen LogP contribution in [0.5, 0.6) is 0 Å². The first kappa shape index (κ1) is 21.1. The van der Waals surface area contributed by atoms with Crippen LogP contribution in [0.3, 0.4) is 0 Å². The molecule has 3 atom stereocenters. The first-order valence-electron chi connectivity index (χ1n) is 12.0. The van der Waals surface area contributed by atoms with Gasteiger partial charge in [-0.15, -0.1) is 0 Å². The molecule has 5 nitrogen and oxygen atoms in total. The Kier molecular flexibility index (Phi) is 5.41. The molecule has 6 rings (SSSR count). The van der Waals surface area contributed by atoms with Gasteiger partial charge in [0.15, 0.2) is 5.79 Å². The highest BCUT2D eigenvalue weighted by Crippen LogP contribution is 2.53. The van der Waals surface area contributed by atoms with Gasteiger partial charge in [0.2, 0.25) is 0 Å². The lowest BCUT2D eigenvalue weighted by molar-refractivity contribution is -0.205. The van der Waals surface area contributed by atoms with E-state index in [9.17, 15) is 5.26 Å². The van der Waals surface area contributed by atoms with Crippen molar-refractivity contribution in [1.82, 2.24) is 9.55 Å². The van der Waals surface area contributed by atoms with Crippen LogP contribution in [-0.4, -0.2) is 15.3 Å². The van der Waals surface area contributed by atoms with Gasteiger partial charge in [-0.05, 0) is 48.1 Å². The Morgan fingerprint density at radius 3 is 2.26 bits per heavy atom. The highest BCUT2D eigenvalue weighted by molar-refractivity contribution is 5.76. The number of hydrogen-bond acceptors (Lipinski definition) is 4. The van der Waals surface area contributed by atoms with Crippen molar-refractivity contribution >= 4 is 11.0 Å². The van der Waals surface area contributed by atoms with Crippen LogP contribution in [0.15, 0.2) is 85.2 Å². The van der Waals surface area contributed by atoms with Crippen molar-refractivity contribution in [3.05, 3.63) is 102 Å². The smallest absolute Gasteiger partial charge is 0.170 e. The fourth-order valence-corrected chi connectivity index (χ4v) is 5.61. The fourth-order valence-electron chi connectivity index (χ4n) is 5.61. The van der Waals surface area contributed by atoms with E-state index < -0.39 is 5.79 Å². The Labute approximate surface area is 199 Å². The minimum absolute atomic E-state index is 0.130. The summed E-state index contributed by atoms with van der Waals surface area (Å²) in [7, 11) is 0. The lowest BCUT2D eigenvalue weighted by Crippen LogP contribution is -2.37. The zero-order valence-electron chi connectivity index (χ0n) is 19.0. The molecular formula is C29H27N3O2. The third-order valence-electron chi connectivity index (χ3n) is 7.19. The molecule has 2 fully saturated rings. The maximum atomic E-state index is 9.31. The molecule has 0 bridgehead atoms. The summed E-state index contributed by atoms with van der Waals surface area (Å²) >= 11 is 0. The average Bonchev–Trinajstić information content (AvgIpc) is 3.46. The van der Waals surface area contributed by atoms with Gasteiger partial charge in [0.1, 0.15) is 12.2 Å². The summed E-state index contributed by atoms with van der Waals surface area (Å²) in [6.45, 7) is 0.839. The van der Waals surface area contributed by atoms with Crippen molar-refractivity contribution in [1.29, 1.82) is 5.26 Å². The minimum Gasteiger partial charge on any atom is -0.339 e. The molecule has 0 radical (unpaired) electrons. The first-order valence-corrected chi connectivity index (χ1v) is 12.0. The number of nitrogens with zero attached hydrogens (tertiary/aromatic N) is 3. The number of rotatable bonds is 4. The molecule has 4 aromatic rings. The molecule has 3 unspecified atom stereocenters. The molecule has 170 valence electrons. The second-order valence-corrected chi connectivity index (χ2v) is 9.48. The SMILES string of the molecule is N#Cc1ccc2ncn(CC3CCCC4(C3)OC(c3ccccc3)C(c3ccccc3)O4)c2c1. The zero-order valence-corrected chi connectivity index (χ0v) is 19.0. The third-order valence-corrected chi connectivity index (χ3v) is 7.19. The summed E-state index contributed by atoms with van der Waals surface area (Å²) in [6.07, 6.45) is 5.56. The number of aromatic nitrogens is 2. The first-order chi connectivity index (χ1) is 16.7. The maximum absolute atomic E-state index is 9.31. The topological polar surface area (TPSA) is 60.1 Å². The number of ether oxygens (including phenoxy) is 2. The average molecular weight is 450 g/mol. The standard InChI is InChI=1S/C29H27N3O2/c30-18-21-13-14-25-26(16-21)32(20-31-25)19-22-8-7-15-29(17-22)33-27(23-9-3-1-4-10-23)28(34-29)24-11-5-2-6-12-24/h1-6,9-14,16,20,22,27-28H,7-8,15,17,19H2. The quantitative estimate of drug-likeness (QED) is 0.366. The lowest BCUT2D eigenvalue weighted by atomic mass is 9.84. The van der Waals surface area contributed by atoms with Gasteiger partial charge in [-0.2, -0.15) is 5.26 Å². The molecule has 1 saturated carbocycles. The zero-order chi connectivity index (χ0) is 23.0. The van der Waals surface area contributed by atoms with Crippen molar-refractivity contribution in [2.24, 2.45) is 5.92 Å². The van der Waals surface area contributed by atoms with Crippen LogP contribution in [-0.2, 0) is 16.0 Å². The van der Waals surface area contributed by atoms with Crippen LogP contribution in [0.1, 0.15) is 54.6 Å². The molecule has 2 heterocycles. The number of fused-ring (bicyclic) bond motifs is 1. The van der Waals surface area contributed by atoms with Crippen molar-refractivity contribution in [2.75, 3.05) is 0 Å². The highest BCUT2D eigenvalue weighted by Gasteiger charge is 2.50. The van der Waals surface area contributed by atoms with Crippen molar-refractivity contribution in [3.63, 3.8) is 0 Å². The van der Waals surface area contributed by atoms with E-state index in [1.807, 2.05) is 36.7 Å². The second kappa shape index (κ2) is 8.72. The van der Waals surface area contributed by atoms with Crippen molar-refractivity contribution in [2.45, 2.75) is 50.2 Å². The van der Waals surface area contributed by atoms with E-state index in [0.717, 1.165) is 54.4 Å². The van der Waals surface area contributed by atoms with Crippen LogP contribution in [0.25, 0.3) is 11.0 Å². The van der Waals surface area contributed by atoms with E-state index in [2.05, 4.69) is 64.2 Å². The molecule has 1 spiro atoms. The monoisotopic (exact) mass is 449 g/mol. The third kappa shape index (κ3) is 3.90. The molecule has 1 aliphatic heterocycles. The van der Waals surface area contributed by atoms with Crippen LogP contribution >= 0.6 is 0 Å². The fraction of sp³-hybridized carbons (Fsp3) is 0.310. The predicted octanol–water partition coefficient (Wildman–Crippen LogP) is 6.32. The predicted molar refractivity (Wildman–Crippen MR) is 130 cm³/mol. The molecule has 1 saturated heterocycles. The highest BCUT2D eigenvalue weighted by atomic mass is 16.8. The maximum Gasteiger partial charge on any atom is 0.170 e. The molecule has 5 heteroatoms. The van der Waals surface area contributed by atoms with Crippen LogP contribution in [0, 0.1) is 17.2 Å². The summed E-state index contributed by atoms with van der Waals surface area (Å²) in [4.78, 5) is 4.54. The number of hydrogen-bond donors (Lipinski definition) is 0. The molecule has 34 heavy (non-hydrogen) atoms. The Hall–Kier alpha value is -3.46. The molecule has 1 aliphatic carbocycles. The molecule has 1 aromatic heterocycles. The Bertz CT molecular complexity index is 1280. The van der Waals surface area contributed by atoms with Gasteiger partial charge in [-0.3, -0.25) is 0 Å². The largest absolute Gasteiger partial charge is 0.339 e. The van der Waals surface area contributed by atoms with Gasteiger partial charge in [0.05, 0.1) is 29.0 Å². The van der Waals surface area contributed by atoms with Crippen molar-refractivity contribution < 1.29 is 9.47 Å². The normalized spacial score (nSPS) is 26.6. The second-order valence-electron chi connectivity index (χ2n) is 9.48. The summed E-state index contributed by atoms with van der Waals surface area (Å²) in [5.74, 6) is -0.180. The van der Waals surface area contributed by atoms with Gasteiger partial charge in [0, 0.05) is 19.4 Å². The summed E-state index contributed by atoms with van der Waals surface area (Å²) in [5, 5.41) is 9.31. The van der Waals surface area contributed by atoms with Gasteiger partial charge in [0.25, 0.3) is 0 Å². The van der Waals surface area contributed by atoms with E-state index in [1.165, 1.54) is 0 Å². The number of benzene rings is 3. The van der Waals surface area contributed by atoms with E-state index in [0.29, 0.717) is 11.5 Å². The molecule has 2 aliphatic rings. The van der Waals surface area contributed by atoms with Gasteiger partial charge in [-0.25, -0.2) is 4.98 Å². The van der Waals surface area contributed by atoms with E-state index in [1.54, 1.807) is 0 Å². The Balaban J connectivity index is 1.28. The molecule has 3 aromatic carbocycles. The van der Waals surface area contributed by atoms with Gasteiger partial charge in [-0.1, -0.05) is 60.7 Å². The summed E-state index contributed by atoms with van der Waals surface area (Å²) in [5.41, 5.74) is 4.90. The minimum atomic E-state index is -0.585. The van der Waals surface area contributed by atoms with Gasteiger partial charge >= 0.3 is 0 Å². The molecule has 0 N–H and O–H groups in total. The number of imidazole rings is 1. The van der Waals surface area contributed by atoms with Crippen LogP contribution in [0.4, 0.5) is 0 Å². The molecule has 0 amide bonds. The van der Waals surface area contributed by atoms with Gasteiger partial charge < -0.3 is 14.0 Å². The Morgan fingerprint density at radius 1 is 0.941 bits per heavy atom.